The van der Waals surface area contributed by atoms with Crippen LogP contribution in [0.15, 0.2) is 53.7 Å². The Morgan fingerprint density at radius 2 is 1.62 bits per heavy atom. The highest BCUT2D eigenvalue weighted by atomic mass is 32.2. The number of halogens is 2. The quantitative estimate of drug-likeness (QED) is 0.371. The Labute approximate surface area is 173 Å². The third kappa shape index (κ3) is 5.55. The third-order valence-corrected chi connectivity index (χ3v) is 5.51. The van der Waals surface area contributed by atoms with Crippen molar-refractivity contribution in [3.05, 3.63) is 66.0 Å². The van der Waals surface area contributed by atoms with Crippen LogP contribution in [-0.4, -0.2) is 46.1 Å². The molecule has 0 N–H and O–H groups in total. The van der Waals surface area contributed by atoms with Crippen LogP contribution in [0.1, 0.15) is 25.2 Å². The third-order valence-electron chi connectivity index (χ3n) is 4.49. The predicted octanol–water partition coefficient (Wildman–Crippen LogP) is 4.73. The van der Waals surface area contributed by atoms with Crippen LogP contribution in [0.5, 0.6) is 5.75 Å². The first-order valence-corrected chi connectivity index (χ1v) is 10.3. The summed E-state index contributed by atoms with van der Waals surface area (Å²) in [5.74, 6) is 1.66. The number of hydrogen-bond donors (Lipinski definition) is 0. The Hall–Kier alpha value is -2.45. The van der Waals surface area contributed by atoms with Gasteiger partial charge >= 0.3 is 0 Å². The fourth-order valence-electron chi connectivity index (χ4n) is 2.65. The van der Waals surface area contributed by atoms with Gasteiger partial charge in [-0.1, -0.05) is 11.8 Å². The summed E-state index contributed by atoms with van der Waals surface area (Å²) >= 11 is 1.57. The highest BCUT2D eigenvalue weighted by Crippen LogP contribution is 2.27. The van der Waals surface area contributed by atoms with E-state index in [9.17, 15) is 8.78 Å². The second-order valence-electron chi connectivity index (χ2n) is 6.80. The van der Waals surface area contributed by atoms with E-state index in [2.05, 4.69) is 22.0 Å². The molecule has 1 unspecified atom stereocenters. The normalized spacial score (nSPS) is 12.3. The Morgan fingerprint density at radius 3 is 2.24 bits per heavy atom. The SMILES string of the molecule is CC(c1nnc(SCCCOc2ccc(F)cc2)n1-c1ccc(F)cc1)N(C)C. The summed E-state index contributed by atoms with van der Waals surface area (Å²) in [4.78, 5) is 2.05. The predicted molar refractivity (Wildman–Crippen MR) is 111 cm³/mol. The number of aromatic nitrogens is 3. The monoisotopic (exact) mass is 418 g/mol. The molecule has 0 radical (unpaired) electrons. The second-order valence-corrected chi connectivity index (χ2v) is 7.86. The van der Waals surface area contributed by atoms with Crippen LogP contribution in [0.2, 0.25) is 0 Å². The molecule has 0 aliphatic heterocycles. The Balaban J connectivity index is 1.66. The van der Waals surface area contributed by atoms with E-state index in [1.165, 1.54) is 24.3 Å². The number of ether oxygens (including phenoxy) is 1. The molecule has 2 aromatic carbocycles. The highest BCUT2D eigenvalue weighted by molar-refractivity contribution is 7.99. The number of benzene rings is 2. The number of rotatable bonds is 9. The fourth-order valence-corrected chi connectivity index (χ4v) is 3.52. The standard InChI is InChI=1S/C21H24F2N4OS/c1-15(26(2)3)20-24-25-21(27(20)18-9-5-16(22)6-10-18)29-14-4-13-28-19-11-7-17(23)8-12-19/h5-12,15H,4,13-14H2,1-3H3. The Bertz CT molecular complexity index is 913. The Kier molecular flexibility index (Phi) is 7.22. The summed E-state index contributed by atoms with van der Waals surface area (Å²) in [6, 6.07) is 12.4. The molecule has 8 heteroatoms. The van der Waals surface area contributed by atoms with Crippen LogP contribution in [-0.2, 0) is 0 Å². The van der Waals surface area contributed by atoms with Gasteiger partial charge in [-0.05, 0) is 76.0 Å². The molecule has 1 atom stereocenters. The molecule has 3 aromatic rings. The van der Waals surface area contributed by atoms with Gasteiger partial charge in [0.05, 0.1) is 12.6 Å². The molecule has 0 bridgehead atoms. The van der Waals surface area contributed by atoms with Crippen molar-refractivity contribution in [3.63, 3.8) is 0 Å². The summed E-state index contributed by atoms with van der Waals surface area (Å²) in [7, 11) is 3.96. The van der Waals surface area contributed by atoms with E-state index in [0.717, 1.165) is 28.8 Å². The molecule has 0 saturated heterocycles. The molecule has 0 amide bonds. The maximum atomic E-state index is 13.4. The molecule has 1 aromatic heterocycles. The maximum absolute atomic E-state index is 13.4. The van der Waals surface area contributed by atoms with Crippen molar-refractivity contribution in [1.82, 2.24) is 19.7 Å². The van der Waals surface area contributed by atoms with Gasteiger partial charge in [-0.3, -0.25) is 9.47 Å². The van der Waals surface area contributed by atoms with Gasteiger partial charge < -0.3 is 4.74 Å². The molecule has 0 aliphatic carbocycles. The molecule has 1 heterocycles. The molecule has 154 valence electrons. The highest BCUT2D eigenvalue weighted by Gasteiger charge is 2.20. The van der Waals surface area contributed by atoms with Gasteiger partial charge in [0.1, 0.15) is 17.4 Å². The topological polar surface area (TPSA) is 43.2 Å². The average molecular weight is 419 g/mol. The summed E-state index contributed by atoms with van der Waals surface area (Å²) in [5, 5.41) is 9.49. The van der Waals surface area contributed by atoms with Crippen molar-refractivity contribution in [1.29, 1.82) is 0 Å². The minimum atomic E-state index is -0.282. The minimum Gasteiger partial charge on any atom is -0.494 e. The maximum Gasteiger partial charge on any atom is 0.195 e. The zero-order chi connectivity index (χ0) is 20.8. The van der Waals surface area contributed by atoms with E-state index >= 15 is 0 Å². The van der Waals surface area contributed by atoms with Crippen molar-refractivity contribution < 1.29 is 13.5 Å². The summed E-state index contributed by atoms with van der Waals surface area (Å²) < 4.78 is 33.9. The number of nitrogens with zero attached hydrogens (tertiary/aromatic N) is 4. The first-order valence-electron chi connectivity index (χ1n) is 9.34. The lowest BCUT2D eigenvalue weighted by Gasteiger charge is -2.20. The van der Waals surface area contributed by atoms with E-state index in [4.69, 9.17) is 4.74 Å². The number of thioether (sulfide) groups is 1. The van der Waals surface area contributed by atoms with Crippen molar-refractivity contribution >= 4 is 11.8 Å². The lowest BCUT2D eigenvalue weighted by Crippen LogP contribution is -2.20. The van der Waals surface area contributed by atoms with E-state index in [1.54, 1.807) is 36.0 Å². The first kappa shape index (κ1) is 21.3. The van der Waals surface area contributed by atoms with Crippen molar-refractivity contribution in [2.45, 2.75) is 24.5 Å². The first-order chi connectivity index (χ1) is 14.0. The fraction of sp³-hybridized carbons (Fsp3) is 0.333. The van der Waals surface area contributed by atoms with Gasteiger partial charge in [0.2, 0.25) is 0 Å². The van der Waals surface area contributed by atoms with E-state index in [1.807, 2.05) is 18.7 Å². The molecular formula is C21H24F2N4OS. The average Bonchev–Trinajstić information content (AvgIpc) is 3.12. The van der Waals surface area contributed by atoms with E-state index in [0.29, 0.717) is 12.4 Å². The van der Waals surface area contributed by atoms with Crippen LogP contribution in [0.4, 0.5) is 8.78 Å². The van der Waals surface area contributed by atoms with Crippen LogP contribution in [0, 0.1) is 11.6 Å². The van der Waals surface area contributed by atoms with Crippen LogP contribution in [0.3, 0.4) is 0 Å². The van der Waals surface area contributed by atoms with Crippen molar-refractivity contribution in [2.24, 2.45) is 0 Å². The summed E-state index contributed by atoms with van der Waals surface area (Å²) in [6.45, 7) is 2.57. The number of hydrogen-bond acceptors (Lipinski definition) is 5. The molecule has 0 aliphatic rings. The van der Waals surface area contributed by atoms with Gasteiger partial charge in [0.25, 0.3) is 0 Å². The van der Waals surface area contributed by atoms with Crippen LogP contribution >= 0.6 is 11.8 Å². The molecule has 3 rings (SSSR count). The lowest BCUT2D eigenvalue weighted by molar-refractivity contribution is 0.305. The van der Waals surface area contributed by atoms with Crippen LogP contribution in [0.25, 0.3) is 5.69 Å². The van der Waals surface area contributed by atoms with E-state index in [-0.39, 0.29) is 17.7 Å². The summed E-state index contributed by atoms with van der Waals surface area (Å²) in [5.41, 5.74) is 0.824. The zero-order valence-corrected chi connectivity index (χ0v) is 17.5. The smallest absolute Gasteiger partial charge is 0.195 e. The van der Waals surface area contributed by atoms with Gasteiger partial charge in [-0.25, -0.2) is 8.78 Å². The second kappa shape index (κ2) is 9.84. The van der Waals surface area contributed by atoms with E-state index < -0.39 is 0 Å². The summed E-state index contributed by atoms with van der Waals surface area (Å²) in [6.07, 6.45) is 0.789. The molecular weight excluding hydrogens is 394 g/mol. The van der Waals surface area contributed by atoms with Gasteiger partial charge in [0.15, 0.2) is 11.0 Å². The molecule has 0 spiro atoms. The lowest BCUT2D eigenvalue weighted by atomic mass is 10.2. The molecule has 0 saturated carbocycles. The van der Waals surface area contributed by atoms with Crippen molar-refractivity contribution in [2.75, 3.05) is 26.5 Å². The zero-order valence-electron chi connectivity index (χ0n) is 16.7. The van der Waals surface area contributed by atoms with Gasteiger partial charge in [0, 0.05) is 11.4 Å². The molecule has 5 nitrogen and oxygen atoms in total. The molecule has 29 heavy (non-hydrogen) atoms. The largest absolute Gasteiger partial charge is 0.494 e. The minimum absolute atomic E-state index is 0.0451. The Morgan fingerprint density at radius 1 is 1.00 bits per heavy atom. The van der Waals surface area contributed by atoms with Gasteiger partial charge in [-0.15, -0.1) is 10.2 Å². The van der Waals surface area contributed by atoms with Crippen molar-refractivity contribution in [3.8, 4) is 11.4 Å². The molecule has 0 fully saturated rings. The van der Waals surface area contributed by atoms with Crippen LogP contribution < -0.4 is 4.74 Å². The van der Waals surface area contributed by atoms with Gasteiger partial charge in [-0.2, -0.15) is 0 Å².